The maximum absolute atomic E-state index is 12.0. The number of carbonyl (C=O) groups excluding carboxylic acids is 1. The molecule has 0 bridgehead atoms. The summed E-state index contributed by atoms with van der Waals surface area (Å²) in [4.78, 5) is 19.7. The van der Waals surface area contributed by atoms with E-state index in [1.165, 1.54) is 0 Å². The highest BCUT2D eigenvalue weighted by Gasteiger charge is 2.36. The predicted molar refractivity (Wildman–Crippen MR) is 116 cm³/mol. The summed E-state index contributed by atoms with van der Waals surface area (Å²) in [5, 5.41) is 19.7. The Morgan fingerprint density at radius 3 is 2.93 bits per heavy atom. The molecule has 3 heterocycles. The van der Waals surface area contributed by atoms with Gasteiger partial charge in [0.05, 0.1) is 17.0 Å². The van der Waals surface area contributed by atoms with Crippen LogP contribution in [0.3, 0.4) is 0 Å². The van der Waals surface area contributed by atoms with Crippen molar-refractivity contribution in [3.63, 3.8) is 0 Å². The Morgan fingerprint density at radius 1 is 1.37 bits per heavy atom. The Labute approximate surface area is 173 Å². The average Bonchev–Trinajstić information content (AvgIpc) is 3.41. The molecule has 2 unspecified atom stereocenters. The number of hydrogen-bond acceptors (Lipinski definition) is 5. The van der Waals surface area contributed by atoms with Gasteiger partial charge in [0, 0.05) is 35.4 Å². The van der Waals surface area contributed by atoms with Crippen LogP contribution in [0.1, 0.15) is 42.7 Å². The standard InChI is InChI=1S/C22H24N6O2/c1-22(30)7-5-14(11-22)28-20-18(15(23)6-8-25-20)19(27-28)13-4-3-12-9-17(21(29)24-2)26-16(12)10-13/h3-4,6,8-10,14,26,30H,5,7,11H2,1-2H3,(H2,23,25)(H,24,29). The number of carbonyl (C=O) groups is 1. The number of fused-ring (bicyclic) bond motifs is 2. The van der Waals surface area contributed by atoms with Crippen molar-refractivity contribution in [3.05, 3.63) is 42.2 Å². The first-order chi connectivity index (χ1) is 14.4. The molecule has 154 valence electrons. The molecule has 1 fully saturated rings. The van der Waals surface area contributed by atoms with E-state index >= 15 is 0 Å². The molecule has 0 aliphatic heterocycles. The molecule has 1 aliphatic rings. The van der Waals surface area contributed by atoms with Gasteiger partial charge < -0.3 is 21.1 Å². The summed E-state index contributed by atoms with van der Waals surface area (Å²) < 4.78 is 1.91. The second kappa shape index (κ2) is 6.56. The molecular formula is C22H24N6O2. The fourth-order valence-electron chi connectivity index (χ4n) is 4.47. The van der Waals surface area contributed by atoms with E-state index < -0.39 is 5.60 Å². The van der Waals surface area contributed by atoms with E-state index in [2.05, 4.69) is 15.3 Å². The van der Waals surface area contributed by atoms with E-state index in [4.69, 9.17) is 10.8 Å². The Kier molecular flexibility index (Phi) is 4.08. The SMILES string of the molecule is CNC(=O)c1cc2ccc(-c3nn(C4CCC(C)(O)C4)c4nccc(N)c34)cc2[nH]1. The molecule has 1 aliphatic carbocycles. The zero-order chi connectivity index (χ0) is 21.0. The van der Waals surface area contributed by atoms with Crippen molar-refractivity contribution < 1.29 is 9.90 Å². The van der Waals surface area contributed by atoms with E-state index in [-0.39, 0.29) is 11.9 Å². The van der Waals surface area contributed by atoms with Crippen molar-refractivity contribution >= 4 is 33.5 Å². The van der Waals surface area contributed by atoms with Crippen LogP contribution in [-0.4, -0.2) is 43.4 Å². The van der Waals surface area contributed by atoms with Crippen molar-refractivity contribution in [1.29, 1.82) is 0 Å². The van der Waals surface area contributed by atoms with E-state index in [9.17, 15) is 9.90 Å². The second-order valence-corrected chi connectivity index (χ2v) is 8.35. The minimum absolute atomic E-state index is 0.0691. The van der Waals surface area contributed by atoms with E-state index in [0.29, 0.717) is 17.8 Å². The molecule has 30 heavy (non-hydrogen) atoms. The van der Waals surface area contributed by atoms with Crippen molar-refractivity contribution in [1.82, 2.24) is 25.1 Å². The maximum Gasteiger partial charge on any atom is 0.267 e. The Balaban J connectivity index is 1.66. The first-order valence-corrected chi connectivity index (χ1v) is 10.1. The quantitative estimate of drug-likeness (QED) is 0.418. The van der Waals surface area contributed by atoms with Crippen LogP contribution < -0.4 is 11.1 Å². The first-order valence-electron chi connectivity index (χ1n) is 10.1. The molecule has 2 atom stereocenters. The van der Waals surface area contributed by atoms with Gasteiger partial charge in [0.2, 0.25) is 0 Å². The van der Waals surface area contributed by atoms with Gasteiger partial charge in [0.25, 0.3) is 5.91 Å². The number of aliphatic hydroxyl groups is 1. The molecule has 0 spiro atoms. The van der Waals surface area contributed by atoms with Gasteiger partial charge in [-0.2, -0.15) is 5.10 Å². The van der Waals surface area contributed by atoms with Gasteiger partial charge in [-0.15, -0.1) is 0 Å². The smallest absolute Gasteiger partial charge is 0.267 e. The largest absolute Gasteiger partial charge is 0.398 e. The average molecular weight is 404 g/mol. The van der Waals surface area contributed by atoms with Crippen LogP contribution in [0.5, 0.6) is 0 Å². The van der Waals surface area contributed by atoms with Crippen molar-refractivity contribution in [3.8, 4) is 11.3 Å². The number of nitrogens with zero attached hydrogens (tertiary/aromatic N) is 3. The summed E-state index contributed by atoms with van der Waals surface area (Å²) in [6.45, 7) is 1.87. The highest BCUT2D eigenvalue weighted by atomic mass is 16.3. The number of hydrogen-bond donors (Lipinski definition) is 4. The third-order valence-electron chi connectivity index (χ3n) is 6.03. The number of benzene rings is 1. The molecule has 8 nitrogen and oxygen atoms in total. The zero-order valence-corrected chi connectivity index (χ0v) is 16.9. The number of anilines is 1. The molecule has 0 radical (unpaired) electrons. The lowest BCUT2D eigenvalue weighted by Crippen LogP contribution is -2.20. The lowest BCUT2D eigenvalue weighted by Gasteiger charge is -2.16. The fraction of sp³-hybridized carbons (Fsp3) is 0.318. The summed E-state index contributed by atoms with van der Waals surface area (Å²) in [5.41, 5.74) is 9.98. The number of rotatable bonds is 3. The van der Waals surface area contributed by atoms with Gasteiger partial charge in [-0.05, 0) is 44.4 Å². The number of aromatic nitrogens is 4. The van der Waals surface area contributed by atoms with E-state index in [1.807, 2.05) is 35.9 Å². The second-order valence-electron chi connectivity index (χ2n) is 8.35. The molecule has 0 saturated heterocycles. The summed E-state index contributed by atoms with van der Waals surface area (Å²) in [5.74, 6) is -0.163. The number of amides is 1. The molecule has 3 aromatic heterocycles. The Hall–Kier alpha value is -3.39. The number of pyridine rings is 1. The third kappa shape index (κ3) is 2.91. The molecule has 4 aromatic rings. The summed E-state index contributed by atoms with van der Waals surface area (Å²) >= 11 is 0. The van der Waals surface area contributed by atoms with Gasteiger partial charge in [0.15, 0.2) is 5.65 Å². The lowest BCUT2D eigenvalue weighted by molar-refractivity contribution is 0.0637. The van der Waals surface area contributed by atoms with Crippen LogP contribution in [0.4, 0.5) is 5.69 Å². The first kappa shape index (κ1) is 18.6. The Morgan fingerprint density at radius 2 is 2.20 bits per heavy atom. The van der Waals surface area contributed by atoms with Crippen molar-refractivity contribution in [2.75, 3.05) is 12.8 Å². The van der Waals surface area contributed by atoms with E-state index in [0.717, 1.165) is 46.0 Å². The molecule has 5 N–H and O–H groups in total. The van der Waals surface area contributed by atoms with Crippen LogP contribution in [0, 0.1) is 0 Å². The minimum Gasteiger partial charge on any atom is -0.398 e. The number of nitrogens with two attached hydrogens (primary N) is 1. The van der Waals surface area contributed by atoms with Gasteiger partial charge >= 0.3 is 0 Å². The van der Waals surface area contributed by atoms with Gasteiger partial charge in [0.1, 0.15) is 11.4 Å². The predicted octanol–water partition coefficient (Wildman–Crippen LogP) is 3.00. The van der Waals surface area contributed by atoms with Crippen LogP contribution in [0.15, 0.2) is 36.5 Å². The van der Waals surface area contributed by atoms with Gasteiger partial charge in [-0.25, -0.2) is 9.67 Å². The third-order valence-corrected chi connectivity index (χ3v) is 6.03. The Bertz CT molecular complexity index is 1290. The van der Waals surface area contributed by atoms with Crippen LogP contribution in [0.25, 0.3) is 33.2 Å². The zero-order valence-electron chi connectivity index (χ0n) is 16.9. The molecular weight excluding hydrogens is 380 g/mol. The van der Waals surface area contributed by atoms with Crippen molar-refractivity contribution in [2.45, 2.75) is 37.8 Å². The maximum atomic E-state index is 12.0. The van der Waals surface area contributed by atoms with Crippen molar-refractivity contribution in [2.24, 2.45) is 0 Å². The van der Waals surface area contributed by atoms with E-state index in [1.54, 1.807) is 19.3 Å². The molecule has 5 rings (SSSR count). The van der Waals surface area contributed by atoms with Crippen LogP contribution in [0.2, 0.25) is 0 Å². The normalized spacial score (nSPS) is 21.5. The van der Waals surface area contributed by atoms with Gasteiger partial charge in [-0.1, -0.05) is 12.1 Å². The number of nitrogens with one attached hydrogen (secondary N) is 2. The topological polar surface area (TPSA) is 122 Å². The van der Waals surface area contributed by atoms with Crippen LogP contribution in [-0.2, 0) is 0 Å². The highest BCUT2D eigenvalue weighted by Crippen LogP contribution is 2.41. The lowest BCUT2D eigenvalue weighted by atomic mass is 10.1. The molecule has 8 heteroatoms. The van der Waals surface area contributed by atoms with Crippen LogP contribution >= 0.6 is 0 Å². The molecule has 1 saturated carbocycles. The fourth-order valence-corrected chi connectivity index (χ4v) is 4.47. The number of nitrogen functional groups attached to an aromatic ring is 1. The minimum atomic E-state index is -0.692. The monoisotopic (exact) mass is 404 g/mol. The summed E-state index contributed by atoms with van der Waals surface area (Å²) in [7, 11) is 1.61. The molecule has 1 aromatic carbocycles. The summed E-state index contributed by atoms with van der Waals surface area (Å²) in [6, 6.07) is 9.59. The molecule has 1 amide bonds. The van der Waals surface area contributed by atoms with Gasteiger partial charge in [-0.3, -0.25) is 4.79 Å². The number of aromatic amines is 1. The number of H-pyrrole nitrogens is 1. The summed E-state index contributed by atoms with van der Waals surface area (Å²) in [6.07, 6.45) is 3.89. The highest BCUT2D eigenvalue weighted by molar-refractivity contribution is 6.02.